The number of para-hydroxylation sites is 1. The highest BCUT2D eigenvalue weighted by Gasteiger charge is 2.25. The summed E-state index contributed by atoms with van der Waals surface area (Å²) < 4.78 is 7.61. The van der Waals surface area contributed by atoms with Gasteiger partial charge in [0.25, 0.3) is 0 Å². The number of benzene rings is 1. The number of halogens is 1. The molecular weight excluding hydrogens is 459 g/mol. The van der Waals surface area contributed by atoms with Gasteiger partial charge in [-0.15, -0.1) is 24.0 Å². The molecule has 2 N–H and O–H groups in total. The topological polar surface area (TPSA) is 83.8 Å². The van der Waals surface area contributed by atoms with E-state index in [2.05, 4.69) is 25.6 Å². The number of aliphatic imine (C=N–C) groups is 1. The fraction of sp³-hybridized carbons (Fsp3) is 0.389. The van der Waals surface area contributed by atoms with E-state index in [0.717, 1.165) is 17.8 Å². The predicted octanol–water partition coefficient (Wildman–Crippen LogP) is 1.63. The van der Waals surface area contributed by atoms with Crippen LogP contribution in [-0.4, -0.2) is 59.8 Å². The lowest BCUT2D eigenvalue weighted by atomic mass is 10.1. The van der Waals surface area contributed by atoms with Crippen LogP contribution in [0.3, 0.4) is 0 Å². The standard InChI is InChI=1S/C18H24N6O2.HI/c1-19-18(20-11-17(25)22-15-6-4-3-5-7-15)24-8-9-26-16(13-24)14-10-21-23(2)12-14;/h3-7,10,12,16H,8-9,11,13H2,1-2H3,(H,19,20)(H,22,25);1H. The third-order valence-corrected chi connectivity index (χ3v) is 4.14. The second kappa shape index (κ2) is 10.3. The molecule has 0 aliphatic carbocycles. The van der Waals surface area contributed by atoms with Crippen LogP contribution >= 0.6 is 24.0 Å². The molecule has 1 atom stereocenters. The summed E-state index contributed by atoms with van der Waals surface area (Å²) in [6.45, 7) is 2.12. The molecule has 1 amide bonds. The summed E-state index contributed by atoms with van der Waals surface area (Å²) in [5, 5.41) is 10.2. The molecule has 1 aliphatic heterocycles. The second-order valence-corrected chi connectivity index (χ2v) is 6.07. The maximum Gasteiger partial charge on any atom is 0.243 e. The monoisotopic (exact) mass is 484 g/mol. The molecule has 0 bridgehead atoms. The van der Waals surface area contributed by atoms with Gasteiger partial charge < -0.3 is 20.3 Å². The average Bonchev–Trinajstić information content (AvgIpc) is 3.10. The van der Waals surface area contributed by atoms with Crippen molar-refractivity contribution in [3.8, 4) is 0 Å². The number of guanidine groups is 1. The first-order chi connectivity index (χ1) is 12.7. The number of aromatic nitrogens is 2. The number of morpholine rings is 1. The van der Waals surface area contributed by atoms with Crippen molar-refractivity contribution in [1.82, 2.24) is 20.0 Å². The second-order valence-electron chi connectivity index (χ2n) is 6.07. The van der Waals surface area contributed by atoms with Gasteiger partial charge in [-0.1, -0.05) is 18.2 Å². The first kappa shape index (κ1) is 21.2. The highest BCUT2D eigenvalue weighted by atomic mass is 127. The summed E-state index contributed by atoms with van der Waals surface area (Å²) in [7, 11) is 3.60. The van der Waals surface area contributed by atoms with E-state index < -0.39 is 0 Å². The lowest BCUT2D eigenvalue weighted by Gasteiger charge is -2.34. The van der Waals surface area contributed by atoms with Gasteiger partial charge in [0.1, 0.15) is 6.10 Å². The zero-order valence-electron chi connectivity index (χ0n) is 15.5. The van der Waals surface area contributed by atoms with E-state index in [1.54, 1.807) is 11.7 Å². The van der Waals surface area contributed by atoms with Crippen LogP contribution in [0, 0.1) is 0 Å². The molecule has 27 heavy (non-hydrogen) atoms. The van der Waals surface area contributed by atoms with E-state index in [9.17, 15) is 4.79 Å². The normalized spacial score (nSPS) is 17.2. The molecule has 9 heteroatoms. The molecule has 0 radical (unpaired) electrons. The summed E-state index contributed by atoms with van der Waals surface area (Å²) in [6.07, 6.45) is 3.71. The zero-order chi connectivity index (χ0) is 18.4. The Bertz CT molecular complexity index is 764. The number of anilines is 1. The smallest absolute Gasteiger partial charge is 0.243 e. The largest absolute Gasteiger partial charge is 0.370 e. The minimum atomic E-state index is -0.116. The first-order valence-electron chi connectivity index (χ1n) is 8.56. The van der Waals surface area contributed by atoms with Crippen molar-refractivity contribution in [2.45, 2.75) is 6.10 Å². The molecule has 146 valence electrons. The van der Waals surface area contributed by atoms with Crippen LogP contribution < -0.4 is 10.6 Å². The van der Waals surface area contributed by atoms with Crippen LogP contribution in [0.1, 0.15) is 11.7 Å². The molecule has 1 aliphatic rings. The van der Waals surface area contributed by atoms with Crippen molar-refractivity contribution in [2.24, 2.45) is 12.0 Å². The van der Waals surface area contributed by atoms with Gasteiger partial charge in [0.05, 0.1) is 25.9 Å². The minimum absolute atomic E-state index is 0. The summed E-state index contributed by atoms with van der Waals surface area (Å²) in [5.41, 5.74) is 1.81. The Kier molecular flexibility index (Phi) is 8.04. The maximum absolute atomic E-state index is 12.1. The van der Waals surface area contributed by atoms with Crippen LogP contribution in [-0.2, 0) is 16.6 Å². The van der Waals surface area contributed by atoms with Gasteiger partial charge in [-0.3, -0.25) is 14.5 Å². The molecule has 1 aromatic carbocycles. The van der Waals surface area contributed by atoms with Crippen molar-refractivity contribution in [1.29, 1.82) is 0 Å². The molecule has 1 unspecified atom stereocenters. The number of ether oxygens (including phenoxy) is 1. The zero-order valence-corrected chi connectivity index (χ0v) is 17.8. The van der Waals surface area contributed by atoms with Crippen molar-refractivity contribution in [2.75, 3.05) is 38.6 Å². The number of carbonyl (C=O) groups excluding carboxylic acids is 1. The van der Waals surface area contributed by atoms with Crippen molar-refractivity contribution in [3.05, 3.63) is 48.3 Å². The Hall–Kier alpha value is -2.14. The van der Waals surface area contributed by atoms with Crippen molar-refractivity contribution >= 4 is 41.5 Å². The summed E-state index contributed by atoms with van der Waals surface area (Å²) >= 11 is 0. The van der Waals surface area contributed by atoms with Crippen LogP contribution in [0.5, 0.6) is 0 Å². The quantitative estimate of drug-likeness (QED) is 0.392. The molecule has 2 heterocycles. The number of nitrogens with one attached hydrogen (secondary N) is 2. The highest BCUT2D eigenvalue weighted by molar-refractivity contribution is 14.0. The lowest BCUT2D eigenvalue weighted by Crippen LogP contribution is -2.49. The first-order valence-corrected chi connectivity index (χ1v) is 8.56. The fourth-order valence-corrected chi connectivity index (χ4v) is 2.87. The number of rotatable bonds is 4. The highest BCUT2D eigenvalue weighted by Crippen LogP contribution is 2.21. The predicted molar refractivity (Wildman–Crippen MR) is 115 cm³/mol. The molecule has 0 saturated carbocycles. The Labute approximate surface area is 176 Å². The van der Waals surface area contributed by atoms with Gasteiger partial charge in [0.15, 0.2) is 5.96 Å². The number of aryl methyl sites for hydroxylation is 1. The Morgan fingerprint density at radius 2 is 2.15 bits per heavy atom. The van der Waals surface area contributed by atoms with Crippen LogP contribution in [0.15, 0.2) is 47.7 Å². The number of carbonyl (C=O) groups is 1. The van der Waals surface area contributed by atoms with E-state index in [0.29, 0.717) is 19.1 Å². The minimum Gasteiger partial charge on any atom is -0.370 e. The van der Waals surface area contributed by atoms with E-state index in [1.165, 1.54) is 0 Å². The Morgan fingerprint density at radius 1 is 1.37 bits per heavy atom. The van der Waals surface area contributed by atoms with Gasteiger partial charge in [0.2, 0.25) is 5.91 Å². The summed E-state index contributed by atoms with van der Waals surface area (Å²) in [4.78, 5) is 18.5. The molecule has 1 aromatic heterocycles. The van der Waals surface area contributed by atoms with Crippen LogP contribution in [0.25, 0.3) is 0 Å². The van der Waals surface area contributed by atoms with Gasteiger partial charge in [-0.25, -0.2) is 0 Å². The summed E-state index contributed by atoms with van der Waals surface area (Å²) in [5.74, 6) is 0.569. The average molecular weight is 484 g/mol. The number of hydrogen-bond acceptors (Lipinski definition) is 4. The third kappa shape index (κ3) is 5.93. The summed E-state index contributed by atoms with van der Waals surface area (Å²) in [6, 6.07) is 9.38. The molecule has 2 aromatic rings. The van der Waals surface area contributed by atoms with Crippen LogP contribution in [0.2, 0.25) is 0 Å². The Morgan fingerprint density at radius 3 is 2.81 bits per heavy atom. The van der Waals surface area contributed by atoms with Gasteiger partial charge in [0, 0.05) is 38.1 Å². The van der Waals surface area contributed by atoms with E-state index >= 15 is 0 Å². The SMILES string of the molecule is CN=C(NCC(=O)Nc1ccccc1)N1CCOC(c2cnn(C)c2)C1.I. The van der Waals surface area contributed by atoms with Gasteiger partial charge in [-0.2, -0.15) is 5.10 Å². The van der Waals surface area contributed by atoms with Gasteiger partial charge in [-0.05, 0) is 12.1 Å². The molecule has 1 fully saturated rings. The lowest BCUT2D eigenvalue weighted by molar-refractivity contribution is -0.115. The van der Waals surface area contributed by atoms with E-state index in [4.69, 9.17) is 4.74 Å². The van der Waals surface area contributed by atoms with E-state index in [-0.39, 0.29) is 42.5 Å². The molecule has 8 nitrogen and oxygen atoms in total. The Balaban J connectivity index is 0.00000261. The molecule has 1 saturated heterocycles. The van der Waals surface area contributed by atoms with Gasteiger partial charge >= 0.3 is 0 Å². The fourth-order valence-electron chi connectivity index (χ4n) is 2.87. The van der Waals surface area contributed by atoms with E-state index in [1.807, 2.05) is 49.8 Å². The number of amides is 1. The van der Waals surface area contributed by atoms with Crippen molar-refractivity contribution in [3.63, 3.8) is 0 Å². The molecule has 3 rings (SSSR count). The van der Waals surface area contributed by atoms with Crippen molar-refractivity contribution < 1.29 is 9.53 Å². The molecule has 0 spiro atoms. The third-order valence-electron chi connectivity index (χ3n) is 4.14. The number of nitrogens with zero attached hydrogens (tertiary/aromatic N) is 4. The number of hydrogen-bond donors (Lipinski definition) is 2. The maximum atomic E-state index is 12.1. The van der Waals surface area contributed by atoms with Crippen LogP contribution in [0.4, 0.5) is 5.69 Å². The molecular formula is C18H25IN6O2.